The highest BCUT2D eigenvalue weighted by Crippen LogP contribution is 2.33. The van der Waals surface area contributed by atoms with Crippen LogP contribution >= 0.6 is 0 Å². The van der Waals surface area contributed by atoms with Gasteiger partial charge in [0.15, 0.2) is 17.1 Å². The van der Waals surface area contributed by atoms with E-state index >= 15 is 0 Å². The number of halogens is 1. The molecule has 2 heterocycles. The zero-order chi connectivity index (χ0) is 20.2. The molecule has 3 aromatic rings. The minimum Gasteiger partial charge on any atom is -0.508 e. The van der Waals surface area contributed by atoms with Crippen LogP contribution in [-0.2, 0) is 0 Å². The summed E-state index contributed by atoms with van der Waals surface area (Å²) in [7, 11) is 1.58. The number of ether oxygens (including phenoxy) is 2. The number of methoxy groups -OCH3 is 1. The van der Waals surface area contributed by atoms with Crippen LogP contribution in [0.15, 0.2) is 40.9 Å². The standard InChI is InChI=1S/C22H25FN2O4/c1-27-19-6-4-17(26)14-21(19)28-12-2-9-25-10-7-15(8-11-25)22-18-5-3-16(23)13-20(18)29-24-22/h3-6,13-15,26H,2,7-12H2,1H3. The number of rotatable bonds is 7. The Kier molecular flexibility index (Phi) is 5.85. The van der Waals surface area contributed by atoms with Gasteiger partial charge >= 0.3 is 0 Å². The van der Waals surface area contributed by atoms with Crippen molar-refractivity contribution in [2.45, 2.75) is 25.2 Å². The molecule has 1 fully saturated rings. The Morgan fingerprint density at radius 1 is 1.17 bits per heavy atom. The Morgan fingerprint density at radius 3 is 2.79 bits per heavy atom. The van der Waals surface area contributed by atoms with Crippen molar-refractivity contribution < 1.29 is 23.5 Å². The summed E-state index contributed by atoms with van der Waals surface area (Å²) >= 11 is 0. The van der Waals surface area contributed by atoms with Crippen LogP contribution in [0, 0.1) is 5.82 Å². The van der Waals surface area contributed by atoms with Gasteiger partial charge in [0.1, 0.15) is 11.6 Å². The van der Waals surface area contributed by atoms with Crippen LogP contribution in [0.4, 0.5) is 4.39 Å². The molecular formula is C22H25FN2O4. The van der Waals surface area contributed by atoms with Gasteiger partial charge in [0, 0.05) is 30.0 Å². The number of nitrogens with zero attached hydrogens (tertiary/aromatic N) is 2. The number of benzene rings is 2. The molecule has 0 saturated carbocycles. The Morgan fingerprint density at radius 2 is 2.00 bits per heavy atom. The zero-order valence-electron chi connectivity index (χ0n) is 16.4. The highest BCUT2D eigenvalue weighted by atomic mass is 19.1. The third-order valence-electron chi connectivity index (χ3n) is 5.46. The van der Waals surface area contributed by atoms with Gasteiger partial charge in [-0.3, -0.25) is 0 Å². The van der Waals surface area contributed by atoms with E-state index in [0.29, 0.717) is 29.6 Å². The lowest BCUT2D eigenvalue weighted by atomic mass is 9.91. The fraction of sp³-hybridized carbons (Fsp3) is 0.409. The fourth-order valence-electron chi connectivity index (χ4n) is 3.90. The van der Waals surface area contributed by atoms with E-state index in [1.165, 1.54) is 12.1 Å². The van der Waals surface area contributed by atoms with Crippen molar-refractivity contribution in [1.82, 2.24) is 10.1 Å². The summed E-state index contributed by atoms with van der Waals surface area (Å²) in [5.74, 6) is 1.36. The third-order valence-corrected chi connectivity index (χ3v) is 5.46. The van der Waals surface area contributed by atoms with Crippen molar-refractivity contribution in [3.05, 3.63) is 47.9 Å². The number of likely N-dealkylation sites (tertiary alicyclic amines) is 1. The number of aromatic hydroxyl groups is 1. The Bertz CT molecular complexity index is 967. The zero-order valence-corrected chi connectivity index (χ0v) is 16.4. The van der Waals surface area contributed by atoms with Gasteiger partial charge < -0.3 is 24.0 Å². The van der Waals surface area contributed by atoms with E-state index in [2.05, 4.69) is 10.1 Å². The van der Waals surface area contributed by atoms with E-state index in [1.807, 2.05) is 0 Å². The van der Waals surface area contributed by atoms with Crippen molar-refractivity contribution in [2.24, 2.45) is 0 Å². The molecular weight excluding hydrogens is 375 g/mol. The second-order valence-electron chi connectivity index (χ2n) is 7.36. The summed E-state index contributed by atoms with van der Waals surface area (Å²) in [5.41, 5.74) is 1.46. The average molecular weight is 400 g/mol. The monoisotopic (exact) mass is 400 g/mol. The topological polar surface area (TPSA) is 68.0 Å². The molecule has 0 amide bonds. The summed E-state index contributed by atoms with van der Waals surface area (Å²) in [5, 5.41) is 14.7. The lowest BCUT2D eigenvalue weighted by Crippen LogP contribution is -2.34. The number of phenols is 1. The first-order valence-electron chi connectivity index (χ1n) is 9.91. The van der Waals surface area contributed by atoms with Gasteiger partial charge in [-0.1, -0.05) is 5.16 Å². The normalized spacial score (nSPS) is 15.7. The molecule has 0 aliphatic carbocycles. The van der Waals surface area contributed by atoms with Gasteiger partial charge in [0.2, 0.25) is 0 Å². The molecule has 0 bridgehead atoms. The van der Waals surface area contributed by atoms with Gasteiger partial charge in [-0.15, -0.1) is 0 Å². The van der Waals surface area contributed by atoms with E-state index in [-0.39, 0.29) is 11.6 Å². The lowest BCUT2D eigenvalue weighted by molar-refractivity contribution is 0.189. The predicted molar refractivity (Wildman–Crippen MR) is 107 cm³/mol. The molecule has 154 valence electrons. The van der Waals surface area contributed by atoms with Crippen LogP contribution in [0.3, 0.4) is 0 Å². The predicted octanol–water partition coefficient (Wildman–Crippen LogP) is 4.33. The van der Waals surface area contributed by atoms with Gasteiger partial charge in [-0.05, 0) is 56.6 Å². The Labute approximate surface area is 168 Å². The molecule has 0 spiro atoms. The maximum atomic E-state index is 13.3. The van der Waals surface area contributed by atoms with Crippen molar-refractivity contribution >= 4 is 11.0 Å². The van der Waals surface area contributed by atoms with E-state index < -0.39 is 0 Å². The molecule has 0 radical (unpaired) electrons. The van der Waals surface area contributed by atoms with Gasteiger partial charge in [-0.25, -0.2) is 4.39 Å². The maximum Gasteiger partial charge on any atom is 0.170 e. The highest BCUT2D eigenvalue weighted by Gasteiger charge is 2.25. The largest absolute Gasteiger partial charge is 0.508 e. The highest BCUT2D eigenvalue weighted by molar-refractivity contribution is 5.79. The summed E-state index contributed by atoms with van der Waals surface area (Å²) < 4.78 is 29.7. The van der Waals surface area contributed by atoms with Crippen molar-refractivity contribution in [3.8, 4) is 17.2 Å². The second kappa shape index (κ2) is 8.69. The Balaban J connectivity index is 1.25. The fourth-order valence-corrected chi connectivity index (χ4v) is 3.90. The minimum absolute atomic E-state index is 0.158. The van der Waals surface area contributed by atoms with E-state index in [0.717, 1.165) is 50.0 Å². The van der Waals surface area contributed by atoms with Crippen molar-refractivity contribution in [2.75, 3.05) is 33.4 Å². The molecule has 4 rings (SSSR count). The molecule has 1 aliphatic rings. The van der Waals surface area contributed by atoms with Crippen LogP contribution in [0.5, 0.6) is 17.2 Å². The van der Waals surface area contributed by atoms with Crippen LogP contribution in [-0.4, -0.2) is 48.5 Å². The van der Waals surface area contributed by atoms with E-state index in [1.54, 1.807) is 31.4 Å². The molecule has 7 heteroatoms. The first-order chi connectivity index (χ1) is 14.1. The number of piperidine rings is 1. The average Bonchev–Trinajstić information content (AvgIpc) is 3.15. The summed E-state index contributed by atoms with van der Waals surface area (Å²) in [6, 6.07) is 9.44. The second-order valence-corrected chi connectivity index (χ2v) is 7.36. The summed E-state index contributed by atoms with van der Waals surface area (Å²) in [4.78, 5) is 2.42. The maximum absolute atomic E-state index is 13.3. The minimum atomic E-state index is -0.305. The number of hydrogen-bond donors (Lipinski definition) is 1. The molecule has 6 nitrogen and oxygen atoms in total. The number of hydrogen-bond acceptors (Lipinski definition) is 6. The SMILES string of the molecule is COc1ccc(O)cc1OCCCN1CCC(c2noc3cc(F)ccc23)CC1. The molecule has 29 heavy (non-hydrogen) atoms. The number of phenolic OH excluding ortho intramolecular Hbond substituents is 1. The van der Waals surface area contributed by atoms with Gasteiger partial charge in [0.05, 0.1) is 19.4 Å². The van der Waals surface area contributed by atoms with Crippen LogP contribution < -0.4 is 9.47 Å². The van der Waals surface area contributed by atoms with Crippen molar-refractivity contribution in [1.29, 1.82) is 0 Å². The van der Waals surface area contributed by atoms with Crippen LogP contribution in [0.1, 0.15) is 30.9 Å². The molecule has 1 aromatic heterocycles. The first-order valence-corrected chi connectivity index (χ1v) is 9.91. The van der Waals surface area contributed by atoms with Gasteiger partial charge in [-0.2, -0.15) is 0 Å². The summed E-state index contributed by atoms with van der Waals surface area (Å²) in [6.07, 6.45) is 2.89. The van der Waals surface area contributed by atoms with Crippen molar-refractivity contribution in [3.63, 3.8) is 0 Å². The molecule has 1 aliphatic heterocycles. The molecule has 1 saturated heterocycles. The lowest BCUT2D eigenvalue weighted by Gasteiger charge is -2.31. The van der Waals surface area contributed by atoms with E-state index in [4.69, 9.17) is 14.0 Å². The van der Waals surface area contributed by atoms with Crippen LogP contribution in [0.2, 0.25) is 0 Å². The molecule has 1 N–H and O–H groups in total. The quantitative estimate of drug-likeness (QED) is 0.596. The number of fused-ring (bicyclic) bond motifs is 1. The number of aromatic nitrogens is 1. The first kappa shape index (κ1) is 19.5. The molecule has 2 aromatic carbocycles. The van der Waals surface area contributed by atoms with Gasteiger partial charge in [0.25, 0.3) is 0 Å². The third kappa shape index (κ3) is 4.45. The van der Waals surface area contributed by atoms with Crippen LogP contribution in [0.25, 0.3) is 11.0 Å². The summed E-state index contributed by atoms with van der Waals surface area (Å²) in [6.45, 7) is 3.46. The van der Waals surface area contributed by atoms with E-state index in [9.17, 15) is 9.50 Å². The Hall–Kier alpha value is -2.80. The molecule has 0 unspecified atom stereocenters. The smallest absolute Gasteiger partial charge is 0.170 e. The molecule has 0 atom stereocenters.